The molecule has 1 amide bonds. The number of hydrogen-bond donors (Lipinski definition) is 2. The number of carboxylic acids is 1. The average molecular weight is 295 g/mol. The smallest absolute Gasteiger partial charge is 0.306 e. The van der Waals surface area contributed by atoms with E-state index >= 15 is 0 Å². The van der Waals surface area contributed by atoms with Crippen molar-refractivity contribution in [1.82, 2.24) is 5.32 Å². The summed E-state index contributed by atoms with van der Waals surface area (Å²) in [7, 11) is 0. The summed E-state index contributed by atoms with van der Waals surface area (Å²) in [6, 6.07) is 0.150. The zero-order valence-electron chi connectivity index (χ0n) is 13.3. The molecular weight excluding hydrogens is 266 g/mol. The summed E-state index contributed by atoms with van der Waals surface area (Å²) < 4.78 is 0. The molecule has 0 spiro atoms. The fourth-order valence-electron chi connectivity index (χ4n) is 4.12. The van der Waals surface area contributed by atoms with Gasteiger partial charge in [0.1, 0.15) is 0 Å². The van der Waals surface area contributed by atoms with Gasteiger partial charge in [-0.15, -0.1) is 0 Å². The summed E-state index contributed by atoms with van der Waals surface area (Å²) in [6.07, 6.45) is 8.39. The van der Waals surface area contributed by atoms with Gasteiger partial charge >= 0.3 is 5.97 Å². The summed E-state index contributed by atoms with van der Waals surface area (Å²) in [5.74, 6) is 1.47. The molecule has 5 atom stereocenters. The molecule has 2 rings (SSSR count). The molecule has 4 heteroatoms. The third-order valence-electron chi connectivity index (χ3n) is 5.44. The van der Waals surface area contributed by atoms with E-state index in [1.165, 1.54) is 25.7 Å². The van der Waals surface area contributed by atoms with E-state index in [1.54, 1.807) is 6.92 Å². The fourth-order valence-corrected chi connectivity index (χ4v) is 4.12. The number of nitrogens with one attached hydrogen (secondary N) is 1. The highest BCUT2D eigenvalue weighted by atomic mass is 16.4. The Balaban J connectivity index is 1.60. The monoisotopic (exact) mass is 295 g/mol. The number of carbonyl (C=O) groups excluding carboxylic acids is 1. The lowest BCUT2D eigenvalue weighted by Gasteiger charge is -2.22. The molecule has 0 heterocycles. The second-order valence-corrected chi connectivity index (χ2v) is 7.28. The standard InChI is InChI=1S/C17H29NO3/c1-11(17(20)21)4-3-5-12(2)18-16(19)10-15-9-13-6-7-14(15)8-13/h11-15H,3-10H2,1-2H3,(H,18,19)(H,20,21). The molecule has 0 aromatic rings. The van der Waals surface area contributed by atoms with Gasteiger partial charge in [0.05, 0.1) is 5.92 Å². The predicted molar refractivity (Wildman–Crippen MR) is 81.8 cm³/mol. The highest BCUT2D eigenvalue weighted by molar-refractivity contribution is 5.76. The van der Waals surface area contributed by atoms with Crippen LogP contribution in [0.25, 0.3) is 0 Å². The third kappa shape index (κ3) is 4.72. The Morgan fingerprint density at radius 1 is 1.19 bits per heavy atom. The van der Waals surface area contributed by atoms with Gasteiger partial charge in [-0.3, -0.25) is 9.59 Å². The molecule has 2 aliphatic rings. The number of fused-ring (bicyclic) bond motifs is 2. The lowest BCUT2D eigenvalue weighted by atomic mass is 9.86. The first-order chi connectivity index (χ1) is 9.95. The Kier molecular flexibility index (Phi) is 5.65. The number of hydrogen-bond acceptors (Lipinski definition) is 2. The van der Waals surface area contributed by atoms with Crippen LogP contribution in [0.3, 0.4) is 0 Å². The van der Waals surface area contributed by atoms with Gasteiger partial charge in [-0.2, -0.15) is 0 Å². The van der Waals surface area contributed by atoms with E-state index in [0.29, 0.717) is 18.8 Å². The van der Waals surface area contributed by atoms with Crippen molar-refractivity contribution in [2.45, 2.75) is 71.3 Å². The first-order valence-corrected chi connectivity index (χ1v) is 8.48. The normalized spacial score (nSPS) is 30.1. The first-order valence-electron chi connectivity index (χ1n) is 8.48. The van der Waals surface area contributed by atoms with Crippen LogP contribution in [0.15, 0.2) is 0 Å². The van der Waals surface area contributed by atoms with Gasteiger partial charge in [0, 0.05) is 12.5 Å². The van der Waals surface area contributed by atoms with Crippen LogP contribution >= 0.6 is 0 Å². The Morgan fingerprint density at radius 3 is 2.52 bits per heavy atom. The number of amides is 1. The summed E-state index contributed by atoms with van der Waals surface area (Å²) in [6.45, 7) is 3.75. The first kappa shape index (κ1) is 16.3. The second-order valence-electron chi connectivity index (χ2n) is 7.28. The molecular formula is C17H29NO3. The molecule has 2 saturated carbocycles. The van der Waals surface area contributed by atoms with E-state index in [-0.39, 0.29) is 17.9 Å². The molecule has 2 fully saturated rings. The number of aliphatic carboxylic acids is 1. The van der Waals surface area contributed by atoms with Gasteiger partial charge < -0.3 is 10.4 Å². The van der Waals surface area contributed by atoms with E-state index in [4.69, 9.17) is 5.11 Å². The minimum atomic E-state index is -0.733. The average Bonchev–Trinajstić information content (AvgIpc) is 3.00. The molecule has 120 valence electrons. The van der Waals surface area contributed by atoms with Crippen LogP contribution in [-0.2, 0) is 9.59 Å². The summed E-state index contributed by atoms with van der Waals surface area (Å²) >= 11 is 0. The highest BCUT2D eigenvalue weighted by Crippen LogP contribution is 2.49. The molecule has 5 unspecified atom stereocenters. The Bertz CT molecular complexity index is 382. The molecule has 4 nitrogen and oxygen atoms in total. The Morgan fingerprint density at radius 2 is 1.95 bits per heavy atom. The number of carboxylic acid groups (broad SMARTS) is 1. The molecule has 2 bridgehead atoms. The summed E-state index contributed by atoms with van der Waals surface area (Å²) in [5.41, 5.74) is 0. The molecule has 0 radical (unpaired) electrons. The van der Waals surface area contributed by atoms with Gasteiger partial charge in [-0.25, -0.2) is 0 Å². The van der Waals surface area contributed by atoms with Crippen LogP contribution in [0.4, 0.5) is 0 Å². The predicted octanol–water partition coefficient (Wildman–Crippen LogP) is 3.21. The maximum atomic E-state index is 12.1. The highest BCUT2D eigenvalue weighted by Gasteiger charge is 2.40. The Labute approximate surface area is 127 Å². The van der Waals surface area contributed by atoms with E-state index in [0.717, 1.165) is 24.7 Å². The van der Waals surface area contributed by atoms with Crippen LogP contribution in [0.1, 0.15) is 65.2 Å². The number of rotatable bonds is 8. The quantitative estimate of drug-likeness (QED) is 0.722. The molecule has 2 aliphatic carbocycles. The van der Waals surface area contributed by atoms with Crippen molar-refractivity contribution in [3.63, 3.8) is 0 Å². The lowest BCUT2D eigenvalue weighted by Crippen LogP contribution is -2.34. The van der Waals surface area contributed by atoms with Crippen LogP contribution < -0.4 is 5.32 Å². The zero-order chi connectivity index (χ0) is 15.4. The maximum absolute atomic E-state index is 12.1. The number of carbonyl (C=O) groups is 2. The SMILES string of the molecule is CC(CCCC(C)C(=O)O)NC(=O)CC1CC2CCC1C2. The van der Waals surface area contributed by atoms with E-state index < -0.39 is 5.97 Å². The Hall–Kier alpha value is -1.06. The van der Waals surface area contributed by atoms with E-state index in [2.05, 4.69) is 5.32 Å². The molecule has 2 N–H and O–H groups in total. The van der Waals surface area contributed by atoms with Crippen LogP contribution in [0.5, 0.6) is 0 Å². The van der Waals surface area contributed by atoms with Crippen molar-refractivity contribution in [2.75, 3.05) is 0 Å². The molecule has 0 aromatic carbocycles. The second kappa shape index (κ2) is 7.28. The van der Waals surface area contributed by atoms with Gasteiger partial charge in [0.25, 0.3) is 0 Å². The maximum Gasteiger partial charge on any atom is 0.306 e. The van der Waals surface area contributed by atoms with Crippen LogP contribution in [0, 0.1) is 23.7 Å². The van der Waals surface area contributed by atoms with Crippen molar-refractivity contribution in [3.8, 4) is 0 Å². The van der Waals surface area contributed by atoms with E-state index in [9.17, 15) is 9.59 Å². The molecule has 0 aliphatic heterocycles. The van der Waals surface area contributed by atoms with Gasteiger partial charge in [-0.1, -0.05) is 19.8 Å². The largest absolute Gasteiger partial charge is 0.481 e. The fraction of sp³-hybridized carbons (Fsp3) is 0.882. The van der Waals surface area contributed by atoms with Gasteiger partial charge in [0.15, 0.2) is 0 Å². The van der Waals surface area contributed by atoms with Gasteiger partial charge in [0.2, 0.25) is 5.91 Å². The third-order valence-corrected chi connectivity index (χ3v) is 5.44. The zero-order valence-corrected chi connectivity index (χ0v) is 13.3. The van der Waals surface area contributed by atoms with Crippen molar-refractivity contribution in [1.29, 1.82) is 0 Å². The van der Waals surface area contributed by atoms with E-state index in [1.807, 2.05) is 6.92 Å². The topological polar surface area (TPSA) is 66.4 Å². The minimum Gasteiger partial charge on any atom is -0.481 e. The summed E-state index contributed by atoms with van der Waals surface area (Å²) in [5, 5.41) is 11.9. The minimum absolute atomic E-state index is 0.150. The van der Waals surface area contributed by atoms with Crippen molar-refractivity contribution in [2.24, 2.45) is 23.7 Å². The van der Waals surface area contributed by atoms with Crippen molar-refractivity contribution < 1.29 is 14.7 Å². The molecule has 0 aromatic heterocycles. The van der Waals surface area contributed by atoms with Crippen molar-refractivity contribution >= 4 is 11.9 Å². The van der Waals surface area contributed by atoms with Gasteiger partial charge in [-0.05, 0) is 56.8 Å². The lowest BCUT2D eigenvalue weighted by molar-refractivity contribution is -0.141. The van der Waals surface area contributed by atoms with Crippen LogP contribution in [-0.4, -0.2) is 23.0 Å². The van der Waals surface area contributed by atoms with Crippen LogP contribution in [0.2, 0.25) is 0 Å². The van der Waals surface area contributed by atoms with Crippen molar-refractivity contribution in [3.05, 3.63) is 0 Å². The summed E-state index contributed by atoms with van der Waals surface area (Å²) in [4.78, 5) is 22.8. The molecule has 0 saturated heterocycles. The molecule has 21 heavy (non-hydrogen) atoms.